The molecule has 0 radical (unpaired) electrons. The third-order valence-corrected chi connectivity index (χ3v) is 3.59. The maximum Gasteiger partial charge on any atom is 0.512 e. The minimum atomic E-state index is -4.83. The van der Waals surface area contributed by atoms with Crippen molar-refractivity contribution < 1.29 is 32.9 Å². The number of aromatic nitrogens is 7. The molecule has 1 atom stereocenters. The zero-order chi connectivity index (χ0) is 20.5. The summed E-state index contributed by atoms with van der Waals surface area (Å²) in [6.45, 7) is -0.707. The van der Waals surface area contributed by atoms with Crippen LogP contribution in [0.2, 0.25) is 5.02 Å². The van der Waals surface area contributed by atoms with Crippen molar-refractivity contribution in [3.63, 3.8) is 0 Å². The fourth-order valence-electron chi connectivity index (χ4n) is 2.18. The van der Waals surface area contributed by atoms with Crippen LogP contribution in [0.3, 0.4) is 0 Å². The molecule has 3 rings (SSSR count). The number of aliphatic hydroxyl groups is 1. The van der Waals surface area contributed by atoms with E-state index < -0.39 is 30.8 Å². The molecule has 0 aliphatic heterocycles. The molecule has 15 heteroatoms. The van der Waals surface area contributed by atoms with Crippen LogP contribution in [0.1, 0.15) is 17.6 Å². The van der Waals surface area contributed by atoms with Gasteiger partial charge in [0.25, 0.3) is 5.82 Å². The second kappa shape index (κ2) is 7.40. The lowest BCUT2D eigenvalue weighted by molar-refractivity contribution is -0.148. The Morgan fingerprint density at radius 1 is 1.39 bits per heavy atom. The smallest absolute Gasteiger partial charge is 0.449 e. The normalized spacial score (nSPS) is 12.8. The van der Waals surface area contributed by atoms with Gasteiger partial charge in [0.2, 0.25) is 5.88 Å². The number of ether oxygens (including phenoxy) is 1. The van der Waals surface area contributed by atoms with E-state index in [2.05, 4.69) is 30.3 Å². The molecule has 3 heterocycles. The molecule has 0 aliphatic rings. The number of carbonyl (C=O) groups is 1. The average Bonchev–Trinajstić information content (AvgIpc) is 3.21. The number of alkyl halides is 3. The van der Waals surface area contributed by atoms with Crippen molar-refractivity contribution in [1.29, 1.82) is 0 Å². The lowest BCUT2D eigenvalue weighted by Crippen LogP contribution is -2.19. The highest BCUT2D eigenvalue weighted by atomic mass is 35.5. The molecule has 0 amide bonds. The zero-order valence-electron chi connectivity index (χ0n) is 13.4. The first-order valence-corrected chi connectivity index (χ1v) is 7.67. The van der Waals surface area contributed by atoms with Gasteiger partial charge >= 0.3 is 12.3 Å². The number of halogens is 4. The number of rotatable bonds is 5. The molecular weight excluding hydrogens is 411 g/mol. The van der Waals surface area contributed by atoms with E-state index >= 15 is 0 Å². The van der Waals surface area contributed by atoms with Crippen molar-refractivity contribution >= 4 is 17.8 Å². The number of hydrogen-bond acceptors (Lipinski definition) is 8. The minimum absolute atomic E-state index is 0.0164. The van der Waals surface area contributed by atoms with Gasteiger partial charge in [0.05, 0.1) is 17.3 Å². The van der Waals surface area contributed by atoms with Gasteiger partial charge in [0.15, 0.2) is 5.82 Å². The van der Waals surface area contributed by atoms with Gasteiger partial charge < -0.3 is 14.9 Å². The Morgan fingerprint density at radius 3 is 2.79 bits per heavy atom. The summed E-state index contributed by atoms with van der Waals surface area (Å²) in [6.07, 6.45) is -6.81. The first kappa shape index (κ1) is 19.5. The molecule has 28 heavy (non-hydrogen) atoms. The Kier molecular flexibility index (Phi) is 5.15. The Bertz CT molecular complexity index is 1010. The number of aliphatic hydroxyl groups excluding tert-OH is 1. The maximum atomic E-state index is 12.8. The summed E-state index contributed by atoms with van der Waals surface area (Å²) < 4.78 is 44.3. The topological polar surface area (TPSA) is 141 Å². The van der Waals surface area contributed by atoms with Crippen LogP contribution in [0.5, 0.6) is 5.88 Å². The van der Waals surface area contributed by atoms with Crippen molar-refractivity contribution in [3.8, 4) is 11.7 Å². The fraction of sp³-hybridized carbons (Fsp3) is 0.231. The molecule has 1 unspecified atom stereocenters. The van der Waals surface area contributed by atoms with Crippen molar-refractivity contribution in [1.82, 2.24) is 35.0 Å². The highest BCUT2D eigenvalue weighted by Crippen LogP contribution is 2.29. The van der Waals surface area contributed by atoms with Gasteiger partial charge in [-0.3, -0.25) is 0 Å². The standard InChI is InChI=1S/C13H9ClF3N7O4/c14-6-2-1-3-18-10(6)24-9(28-12(26)27)4-7(20-24)8(25)5-23-11(13(15,16)17)19-21-22-23/h1-4,8,25H,5H2,(H,26,27). The Morgan fingerprint density at radius 2 is 2.14 bits per heavy atom. The van der Waals surface area contributed by atoms with Crippen molar-refractivity contribution in [3.05, 3.63) is 40.9 Å². The highest BCUT2D eigenvalue weighted by Gasteiger charge is 2.38. The lowest BCUT2D eigenvalue weighted by Gasteiger charge is -2.10. The Balaban J connectivity index is 1.95. The average molecular weight is 420 g/mol. The summed E-state index contributed by atoms with van der Waals surface area (Å²) in [7, 11) is 0. The van der Waals surface area contributed by atoms with E-state index in [1.165, 1.54) is 18.3 Å². The SMILES string of the molecule is O=C(O)Oc1cc(C(O)Cn2nnnc2C(F)(F)F)nn1-c1ncccc1Cl. The van der Waals surface area contributed by atoms with Gasteiger partial charge in [-0.1, -0.05) is 11.6 Å². The van der Waals surface area contributed by atoms with E-state index in [0.717, 1.165) is 10.7 Å². The third kappa shape index (κ3) is 4.01. The third-order valence-electron chi connectivity index (χ3n) is 3.30. The molecule has 0 bridgehead atoms. The molecule has 11 nitrogen and oxygen atoms in total. The van der Waals surface area contributed by atoms with E-state index in [1.807, 2.05) is 0 Å². The van der Waals surface area contributed by atoms with Gasteiger partial charge in [-0.05, 0) is 22.6 Å². The largest absolute Gasteiger partial charge is 0.512 e. The van der Waals surface area contributed by atoms with E-state index in [1.54, 1.807) is 0 Å². The van der Waals surface area contributed by atoms with Gasteiger partial charge in [-0.25, -0.2) is 14.5 Å². The van der Waals surface area contributed by atoms with Crippen molar-refractivity contribution in [2.75, 3.05) is 0 Å². The van der Waals surface area contributed by atoms with Crippen LogP contribution in [-0.4, -0.2) is 51.3 Å². The summed E-state index contributed by atoms with van der Waals surface area (Å²) >= 11 is 6.00. The van der Waals surface area contributed by atoms with Crippen LogP contribution >= 0.6 is 11.6 Å². The lowest BCUT2D eigenvalue weighted by atomic mass is 10.2. The summed E-state index contributed by atoms with van der Waals surface area (Å²) in [6, 6.07) is 3.98. The van der Waals surface area contributed by atoms with Crippen LogP contribution < -0.4 is 4.74 Å². The zero-order valence-corrected chi connectivity index (χ0v) is 14.2. The monoisotopic (exact) mass is 419 g/mol. The minimum Gasteiger partial charge on any atom is -0.449 e. The van der Waals surface area contributed by atoms with Crippen LogP contribution in [0.4, 0.5) is 18.0 Å². The van der Waals surface area contributed by atoms with Gasteiger partial charge in [-0.15, -0.1) is 5.10 Å². The summed E-state index contributed by atoms with van der Waals surface area (Å²) in [5, 5.41) is 32.1. The number of tetrazole rings is 1. The molecule has 3 aromatic heterocycles. The fourth-order valence-corrected chi connectivity index (χ4v) is 2.38. The molecule has 0 fully saturated rings. The molecule has 148 valence electrons. The quantitative estimate of drug-likeness (QED) is 0.591. The number of hydrogen-bond donors (Lipinski definition) is 2. The Hall–Kier alpha value is -3.26. The van der Waals surface area contributed by atoms with E-state index in [-0.39, 0.29) is 22.4 Å². The van der Waals surface area contributed by atoms with E-state index in [4.69, 9.17) is 16.7 Å². The predicted octanol–water partition coefficient (Wildman–Crippen LogP) is 1.72. The molecule has 3 aromatic rings. The van der Waals surface area contributed by atoms with Crippen LogP contribution in [0, 0.1) is 0 Å². The predicted molar refractivity (Wildman–Crippen MR) is 82.8 cm³/mol. The number of nitrogens with zero attached hydrogens (tertiary/aromatic N) is 7. The second-order valence-corrected chi connectivity index (χ2v) is 5.60. The van der Waals surface area contributed by atoms with Crippen LogP contribution in [0.25, 0.3) is 5.82 Å². The molecule has 0 spiro atoms. The van der Waals surface area contributed by atoms with Gasteiger partial charge in [-0.2, -0.15) is 23.0 Å². The van der Waals surface area contributed by atoms with E-state index in [0.29, 0.717) is 4.68 Å². The summed E-state index contributed by atoms with van der Waals surface area (Å²) in [5.74, 6) is -1.81. The maximum absolute atomic E-state index is 12.8. The molecule has 2 N–H and O–H groups in total. The first-order valence-electron chi connectivity index (χ1n) is 7.30. The summed E-state index contributed by atoms with van der Waals surface area (Å²) in [5.41, 5.74) is -0.221. The molecular formula is C13H9ClF3N7O4. The number of carboxylic acid groups (broad SMARTS) is 1. The van der Waals surface area contributed by atoms with E-state index in [9.17, 15) is 23.1 Å². The van der Waals surface area contributed by atoms with Crippen LogP contribution in [0.15, 0.2) is 24.4 Å². The molecule has 0 aromatic carbocycles. The van der Waals surface area contributed by atoms with Gasteiger partial charge in [0, 0.05) is 12.3 Å². The summed E-state index contributed by atoms with van der Waals surface area (Å²) in [4.78, 5) is 14.8. The number of pyridine rings is 1. The van der Waals surface area contributed by atoms with Crippen LogP contribution in [-0.2, 0) is 12.7 Å². The molecule has 0 saturated carbocycles. The van der Waals surface area contributed by atoms with Crippen molar-refractivity contribution in [2.24, 2.45) is 0 Å². The molecule has 0 saturated heterocycles. The highest BCUT2D eigenvalue weighted by molar-refractivity contribution is 6.32. The molecule has 0 aliphatic carbocycles. The van der Waals surface area contributed by atoms with Crippen molar-refractivity contribution in [2.45, 2.75) is 18.8 Å². The second-order valence-electron chi connectivity index (χ2n) is 5.19. The Labute approximate surface area is 157 Å². The van der Waals surface area contributed by atoms with Gasteiger partial charge in [0.1, 0.15) is 6.10 Å². The first-order chi connectivity index (χ1) is 13.2.